The van der Waals surface area contributed by atoms with Crippen molar-refractivity contribution in [2.75, 3.05) is 7.11 Å². The predicted molar refractivity (Wildman–Crippen MR) is 81.5 cm³/mol. The topological polar surface area (TPSA) is 57.4 Å². The SMILES string of the molecule is COc1ccc([C@@H](C)N)c(OCc2nc(C)c(C)s2)c1. The van der Waals surface area contributed by atoms with Crippen LogP contribution in [0.5, 0.6) is 11.5 Å². The minimum absolute atomic E-state index is 0.0873. The molecule has 0 aliphatic rings. The normalized spacial score (nSPS) is 12.2. The van der Waals surface area contributed by atoms with E-state index in [1.165, 1.54) is 4.88 Å². The quantitative estimate of drug-likeness (QED) is 0.918. The number of benzene rings is 1. The molecule has 0 saturated carbocycles. The molecular weight excluding hydrogens is 272 g/mol. The van der Waals surface area contributed by atoms with Crippen LogP contribution in [0.2, 0.25) is 0 Å². The Labute approximate surface area is 123 Å². The van der Waals surface area contributed by atoms with Gasteiger partial charge in [-0.05, 0) is 26.8 Å². The van der Waals surface area contributed by atoms with Crippen molar-refractivity contribution in [1.82, 2.24) is 4.98 Å². The molecule has 0 amide bonds. The third kappa shape index (κ3) is 3.29. The highest BCUT2D eigenvalue weighted by Gasteiger charge is 2.11. The molecule has 20 heavy (non-hydrogen) atoms. The van der Waals surface area contributed by atoms with Crippen molar-refractivity contribution < 1.29 is 9.47 Å². The van der Waals surface area contributed by atoms with Gasteiger partial charge in [-0.1, -0.05) is 6.07 Å². The number of nitrogens with zero attached hydrogens (tertiary/aromatic N) is 1. The van der Waals surface area contributed by atoms with E-state index < -0.39 is 0 Å². The summed E-state index contributed by atoms with van der Waals surface area (Å²) in [7, 11) is 1.64. The number of hydrogen-bond donors (Lipinski definition) is 1. The predicted octanol–water partition coefficient (Wildman–Crippen LogP) is 3.37. The van der Waals surface area contributed by atoms with Crippen LogP contribution in [0.4, 0.5) is 0 Å². The first kappa shape index (κ1) is 14.8. The molecule has 1 aromatic carbocycles. The number of thiazole rings is 1. The fourth-order valence-corrected chi connectivity index (χ4v) is 2.73. The van der Waals surface area contributed by atoms with Crippen LogP contribution in [0, 0.1) is 13.8 Å². The molecule has 0 radical (unpaired) electrons. The molecule has 1 aromatic heterocycles. The second-order valence-corrected chi connectivity index (χ2v) is 6.02. The van der Waals surface area contributed by atoms with Gasteiger partial charge in [0, 0.05) is 22.5 Å². The molecule has 2 aromatic rings. The Hall–Kier alpha value is -1.59. The van der Waals surface area contributed by atoms with E-state index in [2.05, 4.69) is 11.9 Å². The molecule has 0 aliphatic carbocycles. The zero-order valence-corrected chi connectivity index (χ0v) is 13.1. The van der Waals surface area contributed by atoms with Crippen molar-refractivity contribution in [2.45, 2.75) is 33.4 Å². The molecule has 0 unspecified atom stereocenters. The highest BCUT2D eigenvalue weighted by molar-refractivity contribution is 7.11. The molecule has 1 atom stereocenters. The van der Waals surface area contributed by atoms with Crippen LogP contribution < -0.4 is 15.2 Å². The average molecular weight is 292 g/mol. The Morgan fingerprint density at radius 1 is 1.35 bits per heavy atom. The van der Waals surface area contributed by atoms with E-state index in [1.807, 2.05) is 32.0 Å². The molecule has 0 bridgehead atoms. The number of ether oxygens (including phenoxy) is 2. The van der Waals surface area contributed by atoms with E-state index in [-0.39, 0.29) is 6.04 Å². The monoisotopic (exact) mass is 292 g/mol. The number of rotatable bonds is 5. The van der Waals surface area contributed by atoms with Crippen LogP contribution in [0.25, 0.3) is 0 Å². The van der Waals surface area contributed by atoms with Crippen molar-refractivity contribution in [1.29, 1.82) is 0 Å². The summed E-state index contributed by atoms with van der Waals surface area (Å²) in [5, 5.41) is 0.971. The number of hydrogen-bond acceptors (Lipinski definition) is 5. The second kappa shape index (κ2) is 6.24. The van der Waals surface area contributed by atoms with Crippen LogP contribution in [0.1, 0.15) is 34.1 Å². The summed E-state index contributed by atoms with van der Waals surface area (Å²) in [5.41, 5.74) is 8.00. The van der Waals surface area contributed by atoms with Gasteiger partial charge in [0.25, 0.3) is 0 Å². The number of aryl methyl sites for hydroxylation is 2. The van der Waals surface area contributed by atoms with Gasteiger partial charge in [0.05, 0.1) is 12.8 Å². The lowest BCUT2D eigenvalue weighted by atomic mass is 10.1. The van der Waals surface area contributed by atoms with Crippen LogP contribution in [-0.2, 0) is 6.61 Å². The lowest BCUT2D eigenvalue weighted by Gasteiger charge is -2.14. The maximum absolute atomic E-state index is 5.97. The minimum Gasteiger partial charge on any atom is -0.497 e. The van der Waals surface area contributed by atoms with Crippen molar-refractivity contribution >= 4 is 11.3 Å². The van der Waals surface area contributed by atoms with Crippen molar-refractivity contribution in [3.05, 3.63) is 39.3 Å². The number of methoxy groups -OCH3 is 1. The van der Waals surface area contributed by atoms with Gasteiger partial charge in [0.1, 0.15) is 23.1 Å². The highest BCUT2D eigenvalue weighted by Crippen LogP contribution is 2.29. The molecular formula is C15H20N2O2S. The Balaban J connectivity index is 2.18. The van der Waals surface area contributed by atoms with E-state index in [1.54, 1.807) is 18.4 Å². The largest absolute Gasteiger partial charge is 0.497 e. The maximum atomic E-state index is 5.97. The molecule has 2 rings (SSSR count). The van der Waals surface area contributed by atoms with Gasteiger partial charge in [-0.25, -0.2) is 4.98 Å². The van der Waals surface area contributed by atoms with E-state index in [4.69, 9.17) is 15.2 Å². The molecule has 0 saturated heterocycles. The van der Waals surface area contributed by atoms with E-state index in [9.17, 15) is 0 Å². The zero-order chi connectivity index (χ0) is 14.7. The summed E-state index contributed by atoms with van der Waals surface area (Å²) < 4.78 is 11.1. The van der Waals surface area contributed by atoms with Gasteiger partial charge in [-0.2, -0.15) is 0 Å². The standard InChI is InChI=1S/C15H20N2O2S/c1-9(16)13-6-5-12(18-4)7-14(13)19-8-15-17-10(2)11(3)20-15/h5-7,9H,8,16H2,1-4H3/t9-/m1/s1. The van der Waals surface area contributed by atoms with Crippen molar-refractivity contribution in [3.63, 3.8) is 0 Å². The molecule has 0 fully saturated rings. The number of aromatic nitrogens is 1. The van der Waals surface area contributed by atoms with E-state index in [0.29, 0.717) is 6.61 Å². The molecule has 2 N–H and O–H groups in total. The smallest absolute Gasteiger partial charge is 0.140 e. The summed E-state index contributed by atoms with van der Waals surface area (Å²) >= 11 is 1.66. The van der Waals surface area contributed by atoms with Crippen LogP contribution in [-0.4, -0.2) is 12.1 Å². The Kier molecular flexibility index (Phi) is 4.62. The summed E-state index contributed by atoms with van der Waals surface area (Å²) in [5.74, 6) is 1.51. The fraction of sp³-hybridized carbons (Fsp3) is 0.400. The van der Waals surface area contributed by atoms with Gasteiger partial charge < -0.3 is 15.2 Å². The van der Waals surface area contributed by atoms with Crippen LogP contribution in [0.3, 0.4) is 0 Å². The van der Waals surface area contributed by atoms with Gasteiger partial charge in [-0.15, -0.1) is 11.3 Å². The molecule has 5 heteroatoms. The zero-order valence-electron chi connectivity index (χ0n) is 12.3. The first-order valence-corrected chi connectivity index (χ1v) is 7.32. The average Bonchev–Trinajstić information content (AvgIpc) is 2.75. The summed E-state index contributed by atoms with van der Waals surface area (Å²) in [6.45, 7) is 6.46. The second-order valence-electron chi connectivity index (χ2n) is 4.73. The summed E-state index contributed by atoms with van der Waals surface area (Å²) in [4.78, 5) is 5.70. The lowest BCUT2D eigenvalue weighted by Crippen LogP contribution is -2.08. The van der Waals surface area contributed by atoms with Crippen molar-refractivity contribution in [2.24, 2.45) is 5.73 Å². The first-order valence-electron chi connectivity index (χ1n) is 6.50. The van der Waals surface area contributed by atoms with Gasteiger partial charge in [0.15, 0.2) is 0 Å². The van der Waals surface area contributed by atoms with Crippen molar-refractivity contribution in [3.8, 4) is 11.5 Å². The van der Waals surface area contributed by atoms with E-state index >= 15 is 0 Å². The third-order valence-electron chi connectivity index (χ3n) is 3.14. The van der Waals surface area contributed by atoms with Gasteiger partial charge in [0.2, 0.25) is 0 Å². The fourth-order valence-electron chi connectivity index (χ4n) is 1.88. The summed E-state index contributed by atoms with van der Waals surface area (Å²) in [6, 6.07) is 5.61. The lowest BCUT2D eigenvalue weighted by molar-refractivity contribution is 0.298. The van der Waals surface area contributed by atoms with Crippen LogP contribution in [0.15, 0.2) is 18.2 Å². The minimum atomic E-state index is -0.0873. The highest BCUT2D eigenvalue weighted by atomic mass is 32.1. The van der Waals surface area contributed by atoms with E-state index in [0.717, 1.165) is 27.8 Å². The maximum Gasteiger partial charge on any atom is 0.140 e. The summed E-state index contributed by atoms with van der Waals surface area (Å²) in [6.07, 6.45) is 0. The Bertz CT molecular complexity index is 574. The third-order valence-corrected chi connectivity index (χ3v) is 4.18. The molecule has 108 valence electrons. The molecule has 1 heterocycles. The molecule has 0 aliphatic heterocycles. The van der Waals surface area contributed by atoms with Gasteiger partial charge >= 0.3 is 0 Å². The Morgan fingerprint density at radius 2 is 2.10 bits per heavy atom. The van der Waals surface area contributed by atoms with Gasteiger partial charge in [-0.3, -0.25) is 0 Å². The Morgan fingerprint density at radius 3 is 2.65 bits per heavy atom. The number of nitrogens with two attached hydrogens (primary N) is 1. The molecule has 0 spiro atoms. The van der Waals surface area contributed by atoms with Crippen LogP contribution >= 0.6 is 11.3 Å². The molecule has 4 nitrogen and oxygen atoms in total. The first-order chi connectivity index (χ1) is 9.51.